The van der Waals surface area contributed by atoms with Gasteiger partial charge in [-0.3, -0.25) is 14.5 Å². The van der Waals surface area contributed by atoms with E-state index in [0.717, 1.165) is 71.2 Å². The van der Waals surface area contributed by atoms with Crippen molar-refractivity contribution in [3.05, 3.63) is 34.9 Å². The zero-order chi connectivity index (χ0) is 24.6. The van der Waals surface area contributed by atoms with E-state index in [1.165, 1.54) is 16.7 Å². The number of benzene rings is 1. The van der Waals surface area contributed by atoms with Crippen LogP contribution >= 0.6 is 0 Å². The van der Waals surface area contributed by atoms with Gasteiger partial charge in [-0.25, -0.2) is 0 Å². The molecule has 2 heterocycles. The largest absolute Gasteiger partial charge is 0.381 e. The van der Waals surface area contributed by atoms with Crippen LogP contribution < -0.4 is 10.6 Å². The standard InChI is InChI=1S/C28H45N3O3/c1-5-23(4)25-26(32)29-12-8-16-34-15-7-6-9-28(27(33)30-25)10-13-31(14-11-28)20-24-18-21(2)17-22(3)19-24/h17-19,23,25H,5-16,20H2,1-4H3,(H,29,32)(H,30,33)/t23-,25-/m0/s1. The molecular formula is C28H45N3O3. The molecule has 2 amide bonds. The monoisotopic (exact) mass is 471 g/mol. The predicted molar refractivity (Wildman–Crippen MR) is 137 cm³/mol. The Morgan fingerprint density at radius 2 is 1.71 bits per heavy atom. The highest BCUT2D eigenvalue weighted by Crippen LogP contribution is 2.38. The van der Waals surface area contributed by atoms with Gasteiger partial charge in [0.25, 0.3) is 0 Å². The highest BCUT2D eigenvalue weighted by Gasteiger charge is 2.42. The van der Waals surface area contributed by atoms with E-state index >= 15 is 0 Å². The SMILES string of the molecule is CC[C@H](C)[C@@H]1NC(=O)C2(CCCCOCCCNC1=O)CCN(Cc1cc(C)cc(C)c1)CC2. The Hall–Kier alpha value is -1.92. The third-order valence-electron chi connectivity index (χ3n) is 7.72. The quantitative estimate of drug-likeness (QED) is 0.693. The molecule has 2 N–H and O–H groups in total. The molecule has 0 saturated carbocycles. The highest BCUT2D eigenvalue weighted by molar-refractivity contribution is 5.90. The van der Waals surface area contributed by atoms with Crippen molar-refractivity contribution in [3.8, 4) is 0 Å². The van der Waals surface area contributed by atoms with Crippen molar-refractivity contribution in [2.24, 2.45) is 11.3 Å². The third-order valence-corrected chi connectivity index (χ3v) is 7.72. The molecule has 2 aliphatic rings. The summed E-state index contributed by atoms with van der Waals surface area (Å²) in [6, 6.07) is 6.26. The number of hydrogen-bond acceptors (Lipinski definition) is 4. The second-order valence-electron chi connectivity index (χ2n) is 10.6. The second kappa shape index (κ2) is 12.7. The lowest BCUT2D eigenvalue weighted by Crippen LogP contribution is -2.56. The molecule has 0 unspecified atom stereocenters. The van der Waals surface area contributed by atoms with E-state index in [1.54, 1.807) is 0 Å². The van der Waals surface area contributed by atoms with Crippen LogP contribution in [0, 0.1) is 25.2 Å². The minimum atomic E-state index is -0.480. The first-order chi connectivity index (χ1) is 16.3. The van der Waals surface area contributed by atoms with Crippen LogP contribution in [0.1, 0.15) is 75.5 Å². The highest BCUT2D eigenvalue weighted by atomic mass is 16.5. The van der Waals surface area contributed by atoms with Gasteiger partial charge in [0, 0.05) is 26.3 Å². The lowest BCUT2D eigenvalue weighted by molar-refractivity contribution is -0.139. The molecular weight excluding hydrogens is 426 g/mol. The van der Waals surface area contributed by atoms with Gasteiger partial charge >= 0.3 is 0 Å². The average Bonchev–Trinajstić information content (AvgIpc) is 2.80. The van der Waals surface area contributed by atoms with Crippen LogP contribution in [0.2, 0.25) is 0 Å². The minimum absolute atomic E-state index is 0.0666. The predicted octanol–water partition coefficient (Wildman–Crippen LogP) is 4.12. The van der Waals surface area contributed by atoms with Crippen LogP contribution in [0.3, 0.4) is 0 Å². The minimum Gasteiger partial charge on any atom is -0.381 e. The Balaban J connectivity index is 1.72. The van der Waals surface area contributed by atoms with Crippen molar-refractivity contribution in [2.75, 3.05) is 32.8 Å². The maximum atomic E-state index is 13.8. The first-order valence-corrected chi connectivity index (χ1v) is 13.3. The number of piperidine rings is 1. The van der Waals surface area contributed by atoms with Gasteiger partial charge in [-0.2, -0.15) is 0 Å². The van der Waals surface area contributed by atoms with E-state index in [9.17, 15) is 9.59 Å². The molecule has 0 radical (unpaired) electrons. The second-order valence-corrected chi connectivity index (χ2v) is 10.6. The molecule has 1 aromatic carbocycles. The van der Waals surface area contributed by atoms with Gasteiger partial charge in [-0.05, 0) is 70.5 Å². The number of amides is 2. The van der Waals surface area contributed by atoms with Crippen molar-refractivity contribution >= 4 is 11.8 Å². The summed E-state index contributed by atoms with van der Waals surface area (Å²) in [5.74, 6) is 0.0916. The Morgan fingerprint density at radius 1 is 1.03 bits per heavy atom. The molecule has 2 fully saturated rings. The summed E-state index contributed by atoms with van der Waals surface area (Å²) in [7, 11) is 0. The molecule has 3 rings (SSSR count). The number of ether oxygens (including phenoxy) is 1. The fraction of sp³-hybridized carbons (Fsp3) is 0.714. The van der Waals surface area contributed by atoms with Crippen LogP contribution in [0.25, 0.3) is 0 Å². The van der Waals surface area contributed by atoms with E-state index in [-0.39, 0.29) is 17.7 Å². The summed E-state index contributed by atoms with van der Waals surface area (Å²) in [6.07, 6.45) is 6.12. The molecule has 0 aliphatic carbocycles. The first-order valence-electron chi connectivity index (χ1n) is 13.3. The van der Waals surface area contributed by atoms with Gasteiger partial charge in [0.05, 0.1) is 5.41 Å². The van der Waals surface area contributed by atoms with Crippen LogP contribution in [-0.2, 0) is 20.9 Å². The van der Waals surface area contributed by atoms with E-state index < -0.39 is 11.5 Å². The Bertz CT molecular complexity index is 797. The van der Waals surface area contributed by atoms with Gasteiger partial charge in [0.15, 0.2) is 0 Å². The summed E-state index contributed by atoms with van der Waals surface area (Å²) in [5.41, 5.74) is 3.53. The Labute approximate surface area is 206 Å². The molecule has 0 bridgehead atoms. The average molecular weight is 472 g/mol. The Morgan fingerprint density at radius 3 is 2.38 bits per heavy atom. The van der Waals surface area contributed by atoms with E-state index in [2.05, 4.69) is 61.4 Å². The molecule has 34 heavy (non-hydrogen) atoms. The van der Waals surface area contributed by atoms with Crippen LogP contribution in [0.15, 0.2) is 18.2 Å². The van der Waals surface area contributed by atoms with E-state index in [0.29, 0.717) is 13.2 Å². The fourth-order valence-corrected chi connectivity index (χ4v) is 5.41. The third kappa shape index (κ3) is 7.29. The fourth-order valence-electron chi connectivity index (χ4n) is 5.41. The number of nitrogens with one attached hydrogen (secondary N) is 2. The van der Waals surface area contributed by atoms with Crippen molar-refractivity contribution < 1.29 is 14.3 Å². The Kier molecular flexibility index (Phi) is 9.96. The maximum absolute atomic E-state index is 13.8. The number of likely N-dealkylation sites (tertiary alicyclic amines) is 1. The van der Waals surface area contributed by atoms with E-state index in [4.69, 9.17) is 4.74 Å². The number of nitrogens with zero attached hydrogens (tertiary/aromatic N) is 1. The zero-order valence-electron chi connectivity index (χ0n) is 21.8. The maximum Gasteiger partial charge on any atom is 0.242 e. The zero-order valence-corrected chi connectivity index (χ0v) is 21.8. The van der Waals surface area contributed by atoms with E-state index in [1.807, 2.05) is 0 Å². The normalized spacial score (nSPS) is 24.2. The van der Waals surface area contributed by atoms with Gasteiger partial charge < -0.3 is 15.4 Å². The van der Waals surface area contributed by atoms with Gasteiger partial charge in [0.1, 0.15) is 6.04 Å². The summed E-state index contributed by atoms with van der Waals surface area (Å²) in [6.45, 7) is 13.1. The van der Waals surface area contributed by atoms with Gasteiger partial charge in [-0.15, -0.1) is 0 Å². The summed E-state index contributed by atoms with van der Waals surface area (Å²) in [4.78, 5) is 29.2. The van der Waals surface area contributed by atoms with Crippen molar-refractivity contribution in [3.63, 3.8) is 0 Å². The number of rotatable bonds is 4. The van der Waals surface area contributed by atoms with Crippen molar-refractivity contribution in [2.45, 2.75) is 85.2 Å². The smallest absolute Gasteiger partial charge is 0.242 e. The molecule has 6 nitrogen and oxygen atoms in total. The summed E-state index contributed by atoms with van der Waals surface area (Å²) >= 11 is 0. The molecule has 2 saturated heterocycles. The first kappa shape index (κ1) is 26.7. The lowest BCUT2D eigenvalue weighted by atomic mass is 9.73. The molecule has 2 atom stereocenters. The topological polar surface area (TPSA) is 70.7 Å². The van der Waals surface area contributed by atoms with Crippen LogP contribution in [0.4, 0.5) is 0 Å². The molecule has 1 spiro atoms. The van der Waals surface area contributed by atoms with Crippen molar-refractivity contribution in [1.82, 2.24) is 15.5 Å². The number of aryl methyl sites for hydroxylation is 2. The molecule has 1 aromatic rings. The number of carbonyl (C=O) groups excluding carboxylic acids is 2. The molecule has 0 aromatic heterocycles. The lowest BCUT2D eigenvalue weighted by Gasteiger charge is -2.42. The van der Waals surface area contributed by atoms with Crippen molar-refractivity contribution in [1.29, 1.82) is 0 Å². The summed E-state index contributed by atoms with van der Waals surface area (Å²) < 4.78 is 5.75. The van der Waals surface area contributed by atoms with Crippen LogP contribution in [-0.4, -0.2) is 55.6 Å². The summed E-state index contributed by atoms with van der Waals surface area (Å²) in [5, 5.41) is 6.23. The number of hydrogen-bond donors (Lipinski definition) is 2. The molecule has 6 heteroatoms. The van der Waals surface area contributed by atoms with Gasteiger partial charge in [-0.1, -0.05) is 56.0 Å². The van der Waals surface area contributed by atoms with Gasteiger partial charge in [0.2, 0.25) is 11.8 Å². The van der Waals surface area contributed by atoms with Crippen LogP contribution in [0.5, 0.6) is 0 Å². The molecule has 190 valence electrons. The number of carbonyl (C=O) groups is 2. The molecule has 2 aliphatic heterocycles.